The summed E-state index contributed by atoms with van der Waals surface area (Å²) in [5.74, 6) is 1.91. The van der Waals surface area contributed by atoms with Gasteiger partial charge in [0.25, 0.3) is 0 Å². The predicted octanol–water partition coefficient (Wildman–Crippen LogP) is 3.95. The van der Waals surface area contributed by atoms with Gasteiger partial charge < -0.3 is 10.1 Å². The molecule has 1 spiro atoms. The molecule has 2 fully saturated rings. The minimum atomic E-state index is -0.372. The smallest absolute Gasteiger partial charge is 0.141 e. The Kier molecular flexibility index (Phi) is 3.92. The van der Waals surface area contributed by atoms with E-state index in [1.165, 1.54) is 11.8 Å². The van der Waals surface area contributed by atoms with Gasteiger partial charge in [0.15, 0.2) is 0 Å². The molecule has 2 unspecified atom stereocenters. The fraction of sp³-hybridized carbons (Fsp3) is 0.571. The van der Waals surface area contributed by atoms with Gasteiger partial charge in [-0.2, -0.15) is 11.8 Å². The Morgan fingerprint density at radius 3 is 3.11 bits per heavy atom. The van der Waals surface area contributed by atoms with Crippen molar-refractivity contribution >= 4 is 29.1 Å². The SMILES string of the molecule is Fc1ccc(NC2CCOC3(CCSC3)C2)cc1Cl. The third-order valence-electron chi connectivity index (χ3n) is 3.85. The lowest BCUT2D eigenvalue weighted by Crippen LogP contribution is -2.44. The lowest BCUT2D eigenvalue weighted by Gasteiger charge is -2.38. The predicted molar refractivity (Wildman–Crippen MR) is 78.7 cm³/mol. The normalized spacial score (nSPS) is 30.7. The first-order valence-electron chi connectivity index (χ1n) is 6.60. The minimum absolute atomic E-state index is 0.0599. The van der Waals surface area contributed by atoms with E-state index in [0.29, 0.717) is 6.04 Å². The van der Waals surface area contributed by atoms with Gasteiger partial charge in [-0.05, 0) is 43.2 Å². The number of halogens is 2. The zero-order valence-corrected chi connectivity index (χ0v) is 12.2. The zero-order valence-electron chi connectivity index (χ0n) is 10.6. The van der Waals surface area contributed by atoms with Crippen LogP contribution in [-0.4, -0.2) is 29.8 Å². The first-order chi connectivity index (χ1) is 9.17. The molecule has 3 rings (SSSR count). The molecule has 1 aromatic rings. The second-order valence-corrected chi connectivity index (χ2v) is 6.81. The minimum Gasteiger partial charge on any atom is -0.382 e. The van der Waals surface area contributed by atoms with E-state index in [1.54, 1.807) is 12.1 Å². The molecule has 0 aliphatic carbocycles. The summed E-state index contributed by atoms with van der Waals surface area (Å²) < 4.78 is 19.1. The topological polar surface area (TPSA) is 21.3 Å². The highest BCUT2D eigenvalue weighted by molar-refractivity contribution is 7.99. The van der Waals surface area contributed by atoms with E-state index in [4.69, 9.17) is 16.3 Å². The number of rotatable bonds is 2. The lowest BCUT2D eigenvalue weighted by atomic mass is 9.90. The summed E-state index contributed by atoms with van der Waals surface area (Å²) in [6, 6.07) is 5.19. The molecule has 1 aromatic carbocycles. The second-order valence-electron chi connectivity index (χ2n) is 5.30. The molecule has 2 atom stereocenters. The Labute approximate surface area is 122 Å². The molecule has 2 heterocycles. The number of ether oxygens (including phenoxy) is 1. The van der Waals surface area contributed by atoms with Crippen LogP contribution in [0.25, 0.3) is 0 Å². The van der Waals surface area contributed by atoms with E-state index in [2.05, 4.69) is 5.32 Å². The lowest BCUT2D eigenvalue weighted by molar-refractivity contribution is -0.0628. The highest BCUT2D eigenvalue weighted by Gasteiger charge is 2.40. The van der Waals surface area contributed by atoms with Crippen LogP contribution in [0.5, 0.6) is 0 Å². The number of thioether (sulfide) groups is 1. The molecule has 5 heteroatoms. The van der Waals surface area contributed by atoms with Crippen LogP contribution in [0, 0.1) is 5.82 Å². The highest BCUT2D eigenvalue weighted by Crippen LogP contribution is 2.39. The van der Waals surface area contributed by atoms with Gasteiger partial charge >= 0.3 is 0 Å². The van der Waals surface area contributed by atoms with E-state index < -0.39 is 0 Å². The summed E-state index contributed by atoms with van der Waals surface area (Å²) in [6.07, 6.45) is 3.15. The Hall–Kier alpha value is -0.450. The average molecular weight is 302 g/mol. The number of nitrogens with one attached hydrogen (secondary N) is 1. The van der Waals surface area contributed by atoms with Crippen LogP contribution in [0.15, 0.2) is 18.2 Å². The van der Waals surface area contributed by atoms with Gasteiger partial charge in [-0.3, -0.25) is 0 Å². The molecule has 104 valence electrons. The summed E-state index contributed by atoms with van der Waals surface area (Å²) >= 11 is 7.78. The van der Waals surface area contributed by atoms with Gasteiger partial charge in [-0.15, -0.1) is 0 Å². The van der Waals surface area contributed by atoms with Crippen LogP contribution < -0.4 is 5.32 Å². The summed E-state index contributed by atoms with van der Waals surface area (Å²) in [5, 5.41) is 3.63. The van der Waals surface area contributed by atoms with Crippen molar-refractivity contribution in [3.63, 3.8) is 0 Å². The number of anilines is 1. The van der Waals surface area contributed by atoms with Crippen LogP contribution in [0.2, 0.25) is 5.02 Å². The quantitative estimate of drug-likeness (QED) is 0.894. The largest absolute Gasteiger partial charge is 0.382 e. The number of benzene rings is 1. The van der Waals surface area contributed by atoms with Crippen molar-refractivity contribution in [3.05, 3.63) is 29.0 Å². The van der Waals surface area contributed by atoms with Crippen molar-refractivity contribution in [3.8, 4) is 0 Å². The van der Waals surface area contributed by atoms with Crippen molar-refractivity contribution in [2.75, 3.05) is 23.4 Å². The van der Waals surface area contributed by atoms with E-state index in [-0.39, 0.29) is 16.4 Å². The van der Waals surface area contributed by atoms with Crippen LogP contribution in [0.4, 0.5) is 10.1 Å². The third kappa shape index (κ3) is 3.01. The molecule has 0 saturated carbocycles. The molecular formula is C14H17ClFNOS. The standard InChI is InChI=1S/C14H17ClFNOS/c15-12-7-10(1-2-13(12)16)17-11-3-5-18-14(8-11)4-6-19-9-14/h1-2,7,11,17H,3-6,8-9H2. The zero-order chi connectivity index (χ0) is 13.3. The molecule has 2 aliphatic rings. The average Bonchev–Trinajstić information content (AvgIpc) is 2.82. The van der Waals surface area contributed by atoms with Crippen LogP contribution in [0.1, 0.15) is 19.3 Å². The van der Waals surface area contributed by atoms with Crippen molar-refractivity contribution in [1.29, 1.82) is 0 Å². The summed E-state index contributed by atoms with van der Waals surface area (Å²) in [6.45, 7) is 0.799. The van der Waals surface area contributed by atoms with Crippen molar-refractivity contribution < 1.29 is 9.13 Å². The maximum atomic E-state index is 13.1. The Morgan fingerprint density at radius 1 is 1.47 bits per heavy atom. The van der Waals surface area contributed by atoms with E-state index >= 15 is 0 Å². The third-order valence-corrected chi connectivity index (χ3v) is 5.36. The van der Waals surface area contributed by atoms with Crippen molar-refractivity contribution in [2.24, 2.45) is 0 Å². The molecule has 19 heavy (non-hydrogen) atoms. The van der Waals surface area contributed by atoms with Gasteiger partial charge in [0.2, 0.25) is 0 Å². The highest BCUT2D eigenvalue weighted by atomic mass is 35.5. The Balaban J connectivity index is 1.67. The van der Waals surface area contributed by atoms with Gasteiger partial charge in [-0.25, -0.2) is 4.39 Å². The molecular weight excluding hydrogens is 285 g/mol. The van der Waals surface area contributed by atoms with Crippen molar-refractivity contribution in [2.45, 2.75) is 30.9 Å². The summed E-state index contributed by atoms with van der Waals surface area (Å²) in [7, 11) is 0. The molecule has 0 radical (unpaired) electrons. The second kappa shape index (κ2) is 5.51. The molecule has 0 bridgehead atoms. The van der Waals surface area contributed by atoms with E-state index in [9.17, 15) is 4.39 Å². The first-order valence-corrected chi connectivity index (χ1v) is 8.13. The fourth-order valence-corrected chi connectivity index (χ4v) is 4.39. The molecule has 2 nitrogen and oxygen atoms in total. The van der Waals surface area contributed by atoms with Gasteiger partial charge in [0, 0.05) is 24.1 Å². The van der Waals surface area contributed by atoms with Gasteiger partial charge in [0.05, 0.1) is 10.6 Å². The van der Waals surface area contributed by atoms with Gasteiger partial charge in [0.1, 0.15) is 5.82 Å². The monoisotopic (exact) mass is 301 g/mol. The number of hydrogen-bond donors (Lipinski definition) is 1. The Bertz CT molecular complexity index is 465. The van der Waals surface area contributed by atoms with Gasteiger partial charge in [-0.1, -0.05) is 11.6 Å². The number of hydrogen-bond acceptors (Lipinski definition) is 3. The van der Waals surface area contributed by atoms with Crippen LogP contribution in [0.3, 0.4) is 0 Å². The van der Waals surface area contributed by atoms with Crippen LogP contribution >= 0.6 is 23.4 Å². The molecule has 0 amide bonds. The maximum absolute atomic E-state index is 13.1. The molecule has 2 saturated heterocycles. The molecule has 2 aliphatic heterocycles. The fourth-order valence-electron chi connectivity index (χ4n) is 2.84. The maximum Gasteiger partial charge on any atom is 0.141 e. The summed E-state index contributed by atoms with van der Waals surface area (Å²) in [4.78, 5) is 0. The first kappa shape index (κ1) is 13.5. The van der Waals surface area contributed by atoms with Crippen molar-refractivity contribution in [1.82, 2.24) is 0 Å². The molecule has 0 aromatic heterocycles. The summed E-state index contributed by atoms with van der Waals surface area (Å²) in [5.41, 5.74) is 0.948. The molecule has 1 N–H and O–H groups in total. The van der Waals surface area contributed by atoms with Crippen LogP contribution in [-0.2, 0) is 4.74 Å². The Morgan fingerprint density at radius 2 is 2.37 bits per heavy atom. The van der Waals surface area contributed by atoms with E-state index in [1.807, 2.05) is 11.8 Å². The van der Waals surface area contributed by atoms with E-state index in [0.717, 1.165) is 37.3 Å².